The summed E-state index contributed by atoms with van der Waals surface area (Å²) in [6.45, 7) is 6.18. The lowest BCUT2D eigenvalue weighted by Crippen LogP contribution is -2.16. The fourth-order valence-corrected chi connectivity index (χ4v) is 6.59. The molecule has 0 aliphatic heterocycles. The molecule has 5 nitrogen and oxygen atoms in total. The van der Waals surface area contributed by atoms with Crippen LogP contribution in [0.3, 0.4) is 0 Å². The zero-order valence-electron chi connectivity index (χ0n) is 20.5. The molecule has 2 unspecified atom stereocenters. The number of hydrogen-bond donors (Lipinski definition) is 0. The molecule has 2 atom stereocenters. The summed E-state index contributed by atoms with van der Waals surface area (Å²) in [6, 6.07) is 7.92. The third-order valence-electron chi connectivity index (χ3n) is 6.98. The highest BCUT2D eigenvalue weighted by Crippen LogP contribution is 2.46. The second kappa shape index (κ2) is 10.4. The first-order valence-electron chi connectivity index (χ1n) is 12.1. The van der Waals surface area contributed by atoms with Gasteiger partial charge in [0.1, 0.15) is 4.60 Å². The smallest absolute Gasteiger partial charge is 0.341 e. The fraction of sp³-hybridized carbons (Fsp3) is 0.333. The first-order valence-corrected chi connectivity index (χ1v) is 14.1. The number of ether oxygens (including phenoxy) is 1. The van der Waals surface area contributed by atoms with Gasteiger partial charge in [0.05, 0.1) is 45.5 Å². The molecule has 1 aliphatic carbocycles. The van der Waals surface area contributed by atoms with Crippen LogP contribution in [0.15, 0.2) is 57.1 Å². The number of benzene rings is 2. The maximum Gasteiger partial charge on any atom is 0.341 e. The average molecular weight is 609 g/mol. The van der Waals surface area contributed by atoms with E-state index >= 15 is 8.78 Å². The maximum absolute atomic E-state index is 15.5. The Kier molecular flexibility index (Phi) is 7.40. The van der Waals surface area contributed by atoms with Crippen LogP contribution >= 0.6 is 39.3 Å². The molecule has 1 fully saturated rings. The third kappa shape index (κ3) is 4.81. The van der Waals surface area contributed by atoms with E-state index in [2.05, 4.69) is 34.9 Å². The van der Waals surface area contributed by atoms with Crippen molar-refractivity contribution in [2.24, 2.45) is 11.8 Å². The van der Waals surface area contributed by atoms with Crippen molar-refractivity contribution in [3.05, 3.63) is 69.5 Å². The van der Waals surface area contributed by atoms with Crippen LogP contribution < -0.4 is 0 Å². The lowest BCUT2D eigenvalue weighted by atomic mass is 9.98. The van der Waals surface area contributed by atoms with Gasteiger partial charge in [0, 0.05) is 16.5 Å². The molecule has 37 heavy (non-hydrogen) atoms. The Bertz CT molecular complexity index is 1500. The molecule has 1 aliphatic rings. The van der Waals surface area contributed by atoms with Gasteiger partial charge in [0.25, 0.3) is 0 Å². The number of carbonyl (C=O) groups excluding carboxylic acids is 1. The molecule has 4 aromatic rings. The molecule has 0 N–H and O–H groups in total. The molecular formula is C27H25BrClF2N3O2S. The molecular weight excluding hydrogens is 584 g/mol. The zero-order valence-corrected chi connectivity index (χ0v) is 23.6. The standard InChI is InChI=1S/C27H25BrClF2N3O2S/c1-4-36-27(35)18-6-5-7-21(22(18)30)37-25-19-10-11-20(29)23(31)24(19)34(26(25)28)17-12-32-33(13-17)15(3)14(2)16-8-9-16/h5-7,10-16H,4,8-9H2,1-3H3. The number of rotatable bonds is 8. The van der Waals surface area contributed by atoms with Gasteiger partial charge in [-0.2, -0.15) is 5.10 Å². The lowest BCUT2D eigenvalue weighted by molar-refractivity contribution is 0.0520. The van der Waals surface area contributed by atoms with Crippen molar-refractivity contribution in [3.63, 3.8) is 0 Å². The highest BCUT2D eigenvalue weighted by molar-refractivity contribution is 9.10. The van der Waals surface area contributed by atoms with Crippen molar-refractivity contribution >= 4 is 56.2 Å². The highest BCUT2D eigenvalue weighted by Gasteiger charge is 2.33. The molecule has 2 aromatic heterocycles. The first kappa shape index (κ1) is 26.3. The van der Waals surface area contributed by atoms with Crippen molar-refractivity contribution < 1.29 is 18.3 Å². The van der Waals surface area contributed by atoms with Crippen LogP contribution in [0.25, 0.3) is 16.6 Å². The number of carbonyl (C=O) groups is 1. The van der Waals surface area contributed by atoms with Gasteiger partial charge in [0.2, 0.25) is 0 Å². The minimum Gasteiger partial charge on any atom is -0.462 e. The Balaban J connectivity index is 1.60. The van der Waals surface area contributed by atoms with E-state index < -0.39 is 17.6 Å². The normalized spacial score (nSPS) is 15.2. The fourth-order valence-electron chi connectivity index (χ4n) is 4.58. The number of halogens is 4. The van der Waals surface area contributed by atoms with Crippen molar-refractivity contribution in [2.75, 3.05) is 6.61 Å². The van der Waals surface area contributed by atoms with E-state index in [0.717, 1.165) is 11.8 Å². The Labute approximate surface area is 231 Å². The van der Waals surface area contributed by atoms with Crippen LogP contribution in [0.4, 0.5) is 8.78 Å². The molecule has 0 bridgehead atoms. The molecule has 0 spiro atoms. The SMILES string of the molecule is CCOC(=O)c1cccc(Sc2c(Br)n(-c3cnn(C(C)C(C)C4CC4)c3)c3c(F)c(Cl)ccc23)c1F. The van der Waals surface area contributed by atoms with E-state index in [-0.39, 0.29) is 33.6 Å². The predicted molar refractivity (Wildman–Crippen MR) is 145 cm³/mol. The maximum atomic E-state index is 15.5. The summed E-state index contributed by atoms with van der Waals surface area (Å²) in [6.07, 6.45) is 6.07. The van der Waals surface area contributed by atoms with Crippen LogP contribution in [-0.4, -0.2) is 26.9 Å². The van der Waals surface area contributed by atoms with Gasteiger partial charge >= 0.3 is 5.97 Å². The minimum atomic E-state index is -0.733. The van der Waals surface area contributed by atoms with Gasteiger partial charge in [-0.05, 0) is 78.7 Å². The van der Waals surface area contributed by atoms with Crippen molar-refractivity contribution in [1.29, 1.82) is 0 Å². The van der Waals surface area contributed by atoms with Gasteiger partial charge in [-0.3, -0.25) is 9.25 Å². The number of hydrogen-bond acceptors (Lipinski definition) is 4. The van der Waals surface area contributed by atoms with Gasteiger partial charge in [0.15, 0.2) is 11.6 Å². The molecule has 10 heteroatoms. The molecule has 0 amide bonds. The predicted octanol–water partition coefficient (Wildman–Crippen LogP) is 8.46. The van der Waals surface area contributed by atoms with Gasteiger partial charge in [-0.15, -0.1) is 0 Å². The van der Waals surface area contributed by atoms with Crippen LogP contribution in [-0.2, 0) is 4.74 Å². The summed E-state index contributed by atoms with van der Waals surface area (Å²) in [7, 11) is 0. The topological polar surface area (TPSA) is 49.1 Å². The molecule has 5 rings (SSSR count). The largest absolute Gasteiger partial charge is 0.462 e. The average Bonchev–Trinajstić information content (AvgIpc) is 3.55. The quantitative estimate of drug-likeness (QED) is 0.188. The van der Waals surface area contributed by atoms with Gasteiger partial charge in [-0.1, -0.05) is 36.4 Å². The minimum absolute atomic E-state index is 0.0195. The number of esters is 1. The summed E-state index contributed by atoms with van der Waals surface area (Å²) in [5, 5.41) is 5.11. The molecule has 1 saturated carbocycles. The van der Waals surface area contributed by atoms with E-state index in [9.17, 15) is 4.79 Å². The lowest BCUT2D eigenvalue weighted by Gasteiger charge is -2.19. The molecule has 0 saturated heterocycles. The first-order chi connectivity index (χ1) is 17.7. The van der Waals surface area contributed by atoms with Crippen LogP contribution in [0.1, 0.15) is 50.0 Å². The summed E-state index contributed by atoms with van der Waals surface area (Å²) in [4.78, 5) is 13.0. The van der Waals surface area contributed by atoms with Crippen LogP contribution in [0.5, 0.6) is 0 Å². The van der Waals surface area contributed by atoms with E-state index in [1.165, 1.54) is 25.0 Å². The van der Waals surface area contributed by atoms with Gasteiger partial charge < -0.3 is 4.74 Å². The summed E-state index contributed by atoms with van der Waals surface area (Å²) >= 11 is 10.9. The number of nitrogens with zero attached hydrogens (tertiary/aromatic N) is 3. The van der Waals surface area contributed by atoms with Crippen molar-refractivity contribution in [1.82, 2.24) is 14.3 Å². The molecule has 2 aromatic carbocycles. The second-order valence-corrected chi connectivity index (χ2v) is 11.5. The molecule has 0 radical (unpaired) electrons. The van der Waals surface area contributed by atoms with Crippen LogP contribution in [0, 0.1) is 23.5 Å². The summed E-state index contributed by atoms with van der Waals surface area (Å²) in [5.74, 6) is -0.821. The van der Waals surface area contributed by atoms with Gasteiger partial charge in [-0.25, -0.2) is 13.6 Å². The second-order valence-electron chi connectivity index (χ2n) is 9.27. The van der Waals surface area contributed by atoms with E-state index in [4.69, 9.17) is 16.3 Å². The van der Waals surface area contributed by atoms with Crippen molar-refractivity contribution in [3.8, 4) is 5.69 Å². The summed E-state index contributed by atoms with van der Waals surface area (Å²) < 4.78 is 39.9. The Hall–Kier alpha value is -2.36. The number of aromatic nitrogens is 3. The summed E-state index contributed by atoms with van der Waals surface area (Å²) in [5.41, 5.74) is 0.757. The number of fused-ring (bicyclic) bond motifs is 1. The monoisotopic (exact) mass is 607 g/mol. The van der Waals surface area contributed by atoms with Crippen LogP contribution in [0.2, 0.25) is 5.02 Å². The zero-order chi connectivity index (χ0) is 26.4. The van der Waals surface area contributed by atoms with E-state index in [1.807, 2.05) is 10.9 Å². The Morgan fingerprint density at radius 3 is 2.70 bits per heavy atom. The Morgan fingerprint density at radius 1 is 1.24 bits per heavy atom. The van der Waals surface area contributed by atoms with E-state index in [1.54, 1.807) is 35.9 Å². The highest BCUT2D eigenvalue weighted by atomic mass is 79.9. The Morgan fingerprint density at radius 2 is 2.00 bits per heavy atom. The molecule has 2 heterocycles. The third-order valence-corrected chi connectivity index (χ3v) is 9.44. The van der Waals surface area contributed by atoms with E-state index in [0.29, 0.717) is 32.4 Å². The van der Waals surface area contributed by atoms with Crippen molar-refractivity contribution in [2.45, 2.75) is 49.4 Å². The molecule has 194 valence electrons.